The molecule has 0 unspecified atom stereocenters. The maximum Gasteiger partial charge on any atom is 0.223 e. The number of piperidine rings is 1. The summed E-state index contributed by atoms with van der Waals surface area (Å²) in [6.07, 6.45) is 6.07. The third-order valence-corrected chi connectivity index (χ3v) is 6.71. The summed E-state index contributed by atoms with van der Waals surface area (Å²) in [6.45, 7) is 2.77. The summed E-state index contributed by atoms with van der Waals surface area (Å²) >= 11 is 1.63. The number of benzene rings is 1. The smallest absolute Gasteiger partial charge is 0.223 e. The Hall–Kier alpha value is -2.12. The van der Waals surface area contributed by atoms with Crippen molar-refractivity contribution < 1.29 is 14.3 Å². The maximum atomic E-state index is 12.5. The molecule has 6 nitrogen and oxygen atoms in total. The third kappa shape index (κ3) is 4.73. The molecule has 29 heavy (non-hydrogen) atoms. The summed E-state index contributed by atoms with van der Waals surface area (Å²) in [7, 11) is 3.35. The Morgan fingerprint density at radius 3 is 2.86 bits per heavy atom. The molecule has 156 valence electrons. The van der Waals surface area contributed by atoms with Gasteiger partial charge in [-0.15, -0.1) is 11.3 Å². The molecule has 0 bridgehead atoms. The molecule has 2 atom stereocenters. The van der Waals surface area contributed by atoms with E-state index in [1.807, 2.05) is 23.7 Å². The quantitative estimate of drug-likeness (QED) is 0.713. The lowest BCUT2D eigenvalue weighted by Crippen LogP contribution is -2.43. The van der Waals surface area contributed by atoms with Gasteiger partial charge in [-0.2, -0.15) is 0 Å². The molecule has 2 aromatic rings. The van der Waals surface area contributed by atoms with Gasteiger partial charge in [-0.3, -0.25) is 9.69 Å². The molecular weight excluding hydrogens is 386 g/mol. The van der Waals surface area contributed by atoms with Gasteiger partial charge in [-0.1, -0.05) is 12.1 Å². The highest BCUT2D eigenvalue weighted by molar-refractivity contribution is 7.09. The minimum atomic E-state index is -0.00175. The number of methoxy groups -OCH3 is 2. The van der Waals surface area contributed by atoms with Crippen LogP contribution in [0, 0.1) is 11.8 Å². The number of nitrogens with one attached hydrogen (secondary N) is 1. The monoisotopic (exact) mass is 415 g/mol. The minimum Gasteiger partial charge on any atom is -0.493 e. The van der Waals surface area contributed by atoms with E-state index in [2.05, 4.69) is 21.3 Å². The molecule has 0 spiro atoms. The summed E-state index contributed by atoms with van der Waals surface area (Å²) in [5, 5.41) is 6.33. The highest BCUT2D eigenvalue weighted by atomic mass is 32.1. The van der Waals surface area contributed by atoms with Gasteiger partial charge in [0, 0.05) is 36.1 Å². The van der Waals surface area contributed by atoms with Crippen LogP contribution in [0.3, 0.4) is 0 Å². The average molecular weight is 416 g/mol. The number of thiazole rings is 1. The van der Waals surface area contributed by atoms with Crippen LogP contribution in [0.5, 0.6) is 11.5 Å². The fraction of sp³-hybridized carbons (Fsp3) is 0.545. The number of ether oxygens (including phenoxy) is 2. The van der Waals surface area contributed by atoms with Gasteiger partial charge in [0.1, 0.15) is 5.01 Å². The van der Waals surface area contributed by atoms with Crippen molar-refractivity contribution in [2.45, 2.75) is 38.3 Å². The van der Waals surface area contributed by atoms with E-state index in [9.17, 15) is 4.79 Å². The molecule has 7 heteroatoms. The van der Waals surface area contributed by atoms with Gasteiger partial charge in [0.25, 0.3) is 0 Å². The summed E-state index contributed by atoms with van der Waals surface area (Å²) in [4.78, 5) is 19.5. The predicted molar refractivity (Wildman–Crippen MR) is 113 cm³/mol. The van der Waals surface area contributed by atoms with Crippen molar-refractivity contribution in [3.8, 4) is 11.5 Å². The van der Waals surface area contributed by atoms with Crippen molar-refractivity contribution >= 4 is 17.2 Å². The van der Waals surface area contributed by atoms with Gasteiger partial charge in [-0.05, 0) is 44.2 Å². The van der Waals surface area contributed by atoms with Crippen molar-refractivity contribution in [3.05, 3.63) is 40.3 Å². The summed E-state index contributed by atoms with van der Waals surface area (Å²) in [5.41, 5.74) is 1.13. The predicted octanol–water partition coefficient (Wildman–Crippen LogP) is 3.64. The lowest BCUT2D eigenvalue weighted by atomic mass is 9.90. The van der Waals surface area contributed by atoms with Crippen LogP contribution in [0.1, 0.15) is 42.3 Å². The second-order valence-corrected chi connectivity index (χ2v) is 8.85. The van der Waals surface area contributed by atoms with Crippen molar-refractivity contribution in [1.29, 1.82) is 0 Å². The molecule has 1 N–H and O–H groups in total. The van der Waals surface area contributed by atoms with Crippen LogP contribution in [0.15, 0.2) is 29.8 Å². The van der Waals surface area contributed by atoms with E-state index >= 15 is 0 Å². The number of amides is 1. The van der Waals surface area contributed by atoms with Crippen molar-refractivity contribution in [3.63, 3.8) is 0 Å². The van der Waals surface area contributed by atoms with Gasteiger partial charge in [0.05, 0.1) is 20.3 Å². The number of carbonyl (C=O) groups is 1. The Morgan fingerprint density at radius 2 is 2.17 bits per heavy atom. The summed E-state index contributed by atoms with van der Waals surface area (Å²) in [6, 6.07) is 6.02. The molecule has 1 aromatic heterocycles. The Labute approximate surface area is 176 Å². The van der Waals surface area contributed by atoms with E-state index in [4.69, 9.17) is 9.47 Å². The normalized spacial score (nSPS) is 20.8. The van der Waals surface area contributed by atoms with E-state index in [0.717, 1.165) is 67.4 Å². The minimum absolute atomic E-state index is 0.00175. The second-order valence-electron chi connectivity index (χ2n) is 7.92. The second kappa shape index (κ2) is 9.13. The van der Waals surface area contributed by atoms with Crippen LogP contribution >= 0.6 is 11.3 Å². The zero-order valence-electron chi connectivity index (χ0n) is 17.1. The van der Waals surface area contributed by atoms with E-state index in [1.165, 1.54) is 0 Å². The molecule has 1 saturated heterocycles. The number of hydrogen-bond donors (Lipinski definition) is 1. The molecule has 0 radical (unpaired) electrons. The average Bonchev–Trinajstić information content (AvgIpc) is 3.47. The first-order valence-electron chi connectivity index (χ1n) is 10.3. The fourth-order valence-corrected chi connectivity index (χ4v) is 4.99. The number of aromatic nitrogens is 1. The number of para-hydroxylation sites is 1. The molecule has 2 fully saturated rings. The fourth-order valence-electron chi connectivity index (χ4n) is 4.21. The third-order valence-electron chi connectivity index (χ3n) is 5.86. The van der Waals surface area contributed by atoms with Crippen molar-refractivity contribution in [1.82, 2.24) is 15.2 Å². The standard InChI is InChI=1S/C22H29N3O3S/c1-27-18-7-3-5-17(20(18)28-2)14-25-11-4-6-16(13-25)19(22-23-10-12-29-22)24-21(26)15-8-9-15/h3,5,7,10,12,15-16,19H,4,6,8-9,11,13-14H2,1-2H3,(H,24,26)/t16-,19+/m0/s1. The van der Waals surface area contributed by atoms with Gasteiger partial charge in [0.2, 0.25) is 5.91 Å². The topological polar surface area (TPSA) is 63.7 Å². The molecule has 1 aliphatic heterocycles. The number of rotatable bonds is 8. The SMILES string of the molecule is COc1cccc(CN2CCC[C@H]([C@@H](NC(=O)C3CC3)c3nccs3)C2)c1OC. The van der Waals surface area contributed by atoms with Crippen LogP contribution in [0.2, 0.25) is 0 Å². The zero-order valence-corrected chi connectivity index (χ0v) is 17.9. The molecule has 1 amide bonds. The van der Waals surface area contributed by atoms with E-state index in [0.29, 0.717) is 5.92 Å². The Morgan fingerprint density at radius 1 is 1.31 bits per heavy atom. The molecule has 1 aliphatic carbocycles. The van der Waals surface area contributed by atoms with E-state index < -0.39 is 0 Å². The number of nitrogens with zero attached hydrogens (tertiary/aromatic N) is 2. The number of hydrogen-bond acceptors (Lipinski definition) is 6. The Balaban J connectivity index is 1.48. The van der Waals surface area contributed by atoms with Crippen LogP contribution in [-0.2, 0) is 11.3 Å². The first-order valence-corrected chi connectivity index (χ1v) is 11.2. The summed E-state index contributed by atoms with van der Waals surface area (Å²) in [5.74, 6) is 2.32. The van der Waals surface area contributed by atoms with Gasteiger partial charge in [-0.25, -0.2) is 4.98 Å². The molecule has 4 rings (SSSR count). The van der Waals surface area contributed by atoms with Crippen molar-refractivity contribution in [2.24, 2.45) is 11.8 Å². The molecule has 1 aromatic carbocycles. The van der Waals surface area contributed by atoms with E-state index in [1.54, 1.807) is 25.6 Å². The van der Waals surface area contributed by atoms with Gasteiger partial charge in [0.15, 0.2) is 11.5 Å². The van der Waals surface area contributed by atoms with Crippen LogP contribution in [0.25, 0.3) is 0 Å². The molecule has 1 saturated carbocycles. The number of carbonyl (C=O) groups excluding carboxylic acids is 1. The van der Waals surface area contributed by atoms with Crippen molar-refractivity contribution in [2.75, 3.05) is 27.3 Å². The molecule has 2 heterocycles. The summed E-state index contributed by atoms with van der Waals surface area (Å²) < 4.78 is 11.1. The zero-order chi connectivity index (χ0) is 20.2. The van der Waals surface area contributed by atoms with Gasteiger partial charge < -0.3 is 14.8 Å². The Bertz CT molecular complexity index is 823. The number of likely N-dealkylation sites (tertiary alicyclic amines) is 1. The Kier molecular flexibility index (Phi) is 6.35. The molecule has 2 aliphatic rings. The highest BCUT2D eigenvalue weighted by Crippen LogP contribution is 2.36. The molecular formula is C22H29N3O3S. The van der Waals surface area contributed by atoms with Gasteiger partial charge >= 0.3 is 0 Å². The largest absolute Gasteiger partial charge is 0.493 e. The lowest BCUT2D eigenvalue weighted by Gasteiger charge is -2.37. The first kappa shape index (κ1) is 20.2. The highest BCUT2D eigenvalue weighted by Gasteiger charge is 2.36. The van der Waals surface area contributed by atoms with Crippen LogP contribution in [0.4, 0.5) is 0 Å². The lowest BCUT2D eigenvalue weighted by molar-refractivity contribution is -0.123. The van der Waals surface area contributed by atoms with E-state index in [-0.39, 0.29) is 17.9 Å². The van der Waals surface area contributed by atoms with Crippen LogP contribution < -0.4 is 14.8 Å². The van der Waals surface area contributed by atoms with Crippen LogP contribution in [-0.4, -0.2) is 43.1 Å². The maximum absolute atomic E-state index is 12.5. The first-order chi connectivity index (χ1) is 14.2.